The molecule has 0 atom stereocenters. The SMILES string of the molecule is CC(C)(C)OC(=O)N1CCN2[C]NN=C2C1. The van der Waals surface area contributed by atoms with Crippen molar-refractivity contribution >= 4 is 11.9 Å². The lowest BCUT2D eigenvalue weighted by atomic mass is 10.2. The van der Waals surface area contributed by atoms with E-state index in [2.05, 4.69) is 17.2 Å². The molecule has 0 saturated carbocycles. The first-order chi connectivity index (χ1) is 7.46. The molecule has 6 nitrogen and oxygen atoms in total. The van der Waals surface area contributed by atoms with E-state index in [0.29, 0.717) is 19.6 Å². The predicted octanol–water partition coefficient (Wildman–Crippen LogP) is 0.452. The van der Waals surface area contributed by atoms with Crippen LogP contribution in [0.25, 0.3) is 0 Å². The number of hydrogen-bond donors (Lipinski definition) is 1. The topological polar surface area (TPSA) is 57.2 Å². The molecule has 2 rings (SSSR count). The van der Waals surface area contributed by atoms with Gasteiger partial charge in [0.1, 0.15) is 11.4 Å². The molecule has 1 saturated heterocycles. The molecule has 0 aromatic carbocycles. The van der Waals surface area contributed by atoms with Crippen molar-refractivity contribution in [3.63, 3.8) is 0 Å². The summed E-state index contributed by atoms with van der Waals surface area (Å²) in [5.74, 6) is 0.803. The van der Waals surface area contributed by atoms with Crippen molar-refractivity contribution < 1.29 is 9.53 Å². The van der Waals surface area contributed by atoms with Gasteiger partial charge in [0.05, 0.1) is 6.54 Å². The Bertz CT molecular complexity index is 321. The Morgan fingerprint density at radius 3 is 2.94 bits per heavy atom. The van der Waals surface area contributed by atoms with Crippen LogP contribution in [0.15, 0.2) is 5.10 Å². The van der Waals surface area contributed by atoms with Crippen molar-refractivity contribution in [1.82, 2.24) is 15.2 Å². The Balaban J connectivity index is 1.94. The second-order valence-electron chi connectivity index (χ2n) is 4.81. The van der Waals surface area contributed by atoms with Crippen LogP contribution in [-0.2, 0) is 4.74 Å². The van der Waals surface area contributed by atoms with Crippen molar-refractivity contribution in [3.05, 3.63) is 6.67 Å². The summed E-state index contributed by atoms with van der Waals surface area (Å²) < 4.78 is 5.30. The van der Waals surface area contributed by atoms with Crippen molar-refractivity contribution in [2.24, 2.45) is 5.10 Å². The number of ether oxygens (including phenoxy) is 1. The highest BCUT2D eigenvalue weighted by atomic mass is 16.6. The molecule has 0 spiro atoms. The van der Waals surface area contributed by atoms with Crippen molar-refractivity contribution in [1.29, 1.82) is 0 Å². The largest absolute Gasteiger partial charge is 0.444 e. The lowest BCUT2D eigenvalue weighted by molar-refractivity contribution is 0.0251. The molecule has 0 aliphatic carbocycles. The highest BCUT2D eigenvalue weighted by Crippen LogP contribution is 2.14. The fourth-order valence-corrected chi connectivity index (χ4v) is 1.53. The van der Waals surface area contributed by atoms with E-state index >= 15 is 0 Å². The number of hydrogen-bond acceptors (Lipinski definition) is 5. The van der Waals surface area contributed by atoms with Crippen LogP contribution in [0.1, 0.15) is 20.8 Å². The van der Waals surface area contributed by atoms with E-state index in [9.17, 15) is 4.79 Å². The Kier molecular flexibility index (Phi) is 2.65. The van der Waals surface area contributed by atoms with Crippen molar-refractivity contribution in [2.45, 2.75) is 26.4 Å². The minimum Gasteiger partial charge on any atom is -0.444 e. The van der Waals surface area contributed by atoms with E-state index in [1.54, 1.807) is 4.90 Å². The fourth-order valence-electron chi connectivity index (χ4n) is 1.53. The zero-order chi connectivity index (χ0) is 11.8. The number of carbonyl (C=O) groups excluding carboxylic acids is 1. The number of nitrogens with zero attached hydrogens (tertiary/aromatic N) is 3. The molecule has 0 aromatic heterocycles. The van der Waals surface area contributed by atoms with E-state index in [1.165, 1.54) is 0 Å². The van der Waals surface area contributed by atoms with E-state index in [1.807, 2.05) is 25.7 Å². The Morgan fingerprint density at radius 1 is 1.50 bits per heavy atom. The second-order valence-corrected chi connectivity index (χ2v) is 4.81. The molecule has 6 heteroatoms. The summed E-state index contributed by atoms with van der Waals surface area (Å²) in [6, 6.07) is 0. The van der Waals surface area contributed by atoms with Crippen LogP contribution in [0.2, 0.25) is 0 Å². The van der Waals surface area contributed by atoms with E-state index in [-0.39, 0.29) is 6.09 Å². The summed E-state index contributed by atoms with van der Waals surface area (Å²) in [7, 11) is 0. The molecule has 2 radical (unpaired) electrons. The number of rotatable bonds is 0. The molecule has 88 valence electrons. The van der Waals surface area contributed by atoms with Gasteiger partial charge in [0.2, 0.25) is 6.67 Å². The normalized spacial score (nSPS) is 20.1. The second kappa shape index (κ2) is 3.84. The van der Waals surface area contributed by atoms with Crippen LogP contribution in [0, 0.1) is 6.67 Å². The van der Waals surface area contributed by atoms with E-state index < -0.39 is 5.60 Å². The first kappa shape index (κ1) is 11.0. The van der Waals surface area contributed by atoms with Crippen LogP contribution in [-0.4, -0.2) is 47.0 Å². The van der Waals surface area contributed by atoms with Crippen LogP contribution in [0.5, 0.6) is 0 Å². The van der Waals surface area contributed by atoms with Crippen LogP contribution < -0.4 is 5.43 Å². The Labute approximate surface area is 95.2 Å². The molecule has 1 amide bonds. The standard InChI is InChI=1S/C10H16N4O2/c1-10(2,3)16-9(15)13-4-5-14-7-11-12-8(14)6-13/h11H,4-6H2,1-3H3. The summed E-state index contributed by atoms with van der Waals surface area (Å²) in [5.41, 5.74) is 2.20. The summed E-state index contributed by atoms with van der Waals surface area (Å²) in [4.78, 5) is 15.3. The summed E-state index contributed by atoms with van der Waals surface area (Å²) >= 11 is 0. The predicted molar refractivity (Wildman–Crippen MR) is 58.3 cm³/mol. The van der Waals surface area contributed by atoms with Gasteiger partial charge >= 0.3 is 6.09 Å². The average Bonchev–Trinajstić information content (AvgIpc) is 2.61. The number of amides is 1. The maximum Gasteiger partial charge on any atom is 0.410 e. The Hall–Kier alpha value is -1.46. The summed E-state index contributed by atoms with van der Waals surface area (Å²) in [6.45, 7) is 10.2. The lowest BCUT2D eigenvalue weighted by Crippen LogP contribution is -2.51. The molecule has 1 N–H and O–H groups in total. The molecule has 2 aliphatic rings. The van der Waals surface area contributed by atoms with Crippen LogP contribution in [0.3, 0.4) is 0 Å². The van der Waals surface area contributed by atoms with Gasteiger partial charge in [0, 0.05) is 13.1 Å². The maximum absolute atomic E-state index is 11.8. The van der Waals surface area contributed by atoms with Gasteiger partial charge in [-0.05, 0) is 20.8 Å². The van der Waals surface area contributed by atoms with Gasteiger partial charge in [-0.15, -0.1) is 0 Å². The summed E-state index contributed by atoms with van der Waals surface area (Å²) in [5, 5.41) is 4.02. The molecule has 0 bridgehead atoms. The molecular formula is C10H16N4O2. The van der Waals surface area contributed by atoms with Gasteiger partial charge in [-0.2, -0.15) is 5.10 Å². The number of nitrogens with one attached hydrogen (secondary N) is 1. The van der Waals surface area contributed by atoms with Gasteiger partial charge in [-0.25, -0.2) is 4.79 Å². The molecule has 0 aromatic rings. The maximum atomic E-state index is 11.8. The highest BCUT2D eigenvalue weighted by Gasteiger charge is 2.31. The fraction of sp³-hybridized carbons (Fsp3) is 0.700. The number of hydrazone groups is 1. The van der Waals surface area contributed by atoms with Gasteiger partial charge in [0.25, 0.3) is 0 Å². The van der Waals surface area contributed by atoms with Crippen molar-refractivity contribution in [3.8, 4) is 0 Å². The molecule has 16 heavy (non-hydrogen) atoms. The summed E-state index contributed by atoms with van der Waals surface area (Å²) in [6.07, 6.45) is -0.290. The number of amidine groups is 1. The highest BCUT2D eigenvalue weighted by molar-refractivity contribution is 5.89. The number of carbonyl (C=O) groups is 1. The van der Waals surface area contributed by atoms with E-state index in [0.717, 1.165) is 5.84 Å². The van der Waals surface area contributed by atoms with Crippen LogP contribution in [0.4, 0.5) is 4.79 Å². The zero-order valence-electron chi connectivity index (χ0n) is 9.78. The molecule has 0 unspecified atom stereocenters. The number of fused-ring (bicyclic) bond motifs is 1. The minimum absolute atomic E-state index is 0.290. The van der Waals surface area contributed by atoms with Gasteiger partial charge in [-0.3, -0.25) is 10.3 Å². The lowest BCUT2D eigenvalue weighted by Gasteiger charge is -2.33. The molecule has 2 heterocycles. The zero-order valence-corrected chi connectivity index (χ0v) is 9.78. The minimum atomic E-state index is -0.456. The molecule has 2 aliphatic heterocycles. The quantitative estimate of drug-likeness (QED) is 0.649. The number of piperazine rings is 1. The van der Waals surface area contributed by atoms with Crippen LogP contribution >= 0.6 is 0 Å². The van der Waals surface area contributed by atoms with Gasteiger partial charge < -0.3 is 9.64 Å². The first-order valence-corrected chi connectivity index (χ1v) is 5.28. The van der Waals surface area contributed by atoms with Crippen molar-refractivity contribution in [2.75, 3.05) is 19.6 Å². The third-order valence-electron chi connectivity index (χ3n) is 2.26. The van der Waals surface area contributed by atoms with E-state index in [4.69, 9.17) is 4.74 Å². The molecular weight excluding hydrogens is 208 g/mol. The first-order valence-electron chi connectivity index (χ1n) is 5.28. The Morgan fingerprint density at radius 2 is 2.25 bits per heavy atom. The monoisotopic (exact) mass is 224 g/mol. The van der Waals surface area contributed by atoms with Gasteiger partial charge in [0.15, 0.2) is 0 Å². The van der Waals surface area contributed by atoms with Gasteiger partial charge in [-0.1, -0.05) is 0 Å². The molecule has 1 fully saturated rings. The smallest absolute Gasteiger partial charge is 0.410 e. The third kappa shape index (κ3) is 2.37. The average molecular weight is 224 g/mol. The third-order valence-corrected chi connectivity index (χ3v) is 2.26.